The Balaban J connectivity index is 1.94. The summed E-state index contributed by atoms with van der Waals surface area (Å²) in [6.45, 7) is 5.71. The van der Waals surface area contributed by atoms with Gasteiger partial charge in [-0.3, -0.25) is 4.90 Å². The molecule has 0 radical (unpaired) electrons. The van der Waals surface area contributed by atoms with Gasteiger partial charge in [0, 0.05) is 18.7 Å². The van der Waals surface area contributed by atoms with Gasteiger partial charge in [-0.2, -0.15) is 0 Å². The molecule has 2 heteroatoms. The van der Waals surface area contributed by atoms with Crippen LogP contribution in [0.15, 0.2) is 24.3 Å². The van der Waals surface area contributed by atoms with E-state index in [1.807, 2.05) is 12.1 Å². The minimum absolute atomic E-state index is 0.0760. The second-order valence-electron chi connectivity index (χ2n) is 4.79. The van der Waals surface area contributed by atoms with Crippen LogP contribution in [0.5, 0.6) is 0 Å². The van der Waals surface area contributed by atoms with Crippen molar-refractivity contribution in [2.45, 2.75) is 19.9 Å². The van der Waals surface area contributed by atoms with Gasteiger partial charge >= 0.3 is 0 Å². The van der Waals surface area contributed by atoms with Gasteiger partial charge in [0.2, 0.25) is 0 Å². The quantitative estimate of drug-likeness (QED) is 0.783. The summed E-state index contributed by atoms with van der Waals surface area (Å²) in [6, 6.07) is 8.31. The largest absolute Gasteiger partial charge is 0.384 e. The van der Waals surface area contributed by atoms with E-state index in [1.54, 1.807) is 0 Å². The predicted molar refractivity (Wildman–Crippen MR) is 69.5 cm³/mol. The minimum Gasteiger partial charge on any atom is -0.384 e. The summed E-state index contributed by atoms with van der Waals surface area (Å²) in [4.78, 5) is 2.50. The molecule has 0 aliphatic carbocycles. The molecule has 1 aliphatic rings. The van der Waals surface area contributed by atoms with Gasteiger partial charge in [0.05, 0.1) is 0 Å². The van der Waals surface area contributed by atoms with Gasteiger partial charge < -0.3 is 5.11 Å². The molecule has 90 valence electrons. The fraction of sp³-hybridized carbons (Fsp3) is 0.467. The van der Waals surface area contributed by atoms with Crippen LogP contribution in [0.3, 0.4) is 0 Å². The number of hydrogen-bond acceptors (Lipinski definition) is 2. The van der Waals surface area contributed by atoms with Crippen LogP contribution < -0.4 is 0 Å². The van der Waals surface area contributed by atoms with Gasteiger partial charge in [-0.05, 0) is 36.6 Å². The standard InChI is InChI=1S/C15H19NO/c1-13-8-9-16(11-13)12-15-6-4-14(5-7-15)3-2-10-17/h4-7,13,17H,8-12H2,1H3. The fourth-order valence-corrected chi connectivity index (χ4v) is 2.26. The number of aliphatic hydroxyl groups is 1. The number of hydrogen-bond donors (Lipinski definition) is 1. The first-order valence-corrected chi connectivity index (χ1v) is 6.19. The maximum atomic E-state index is 8.62. The summed E-state index contributed by atoms with van der Waals surface area (Å²) < 4.78 is 0. The first kappa shape index (κ1) is 12.2. The smallest absolute Gasteiger partial charge is 0.104 e. The molecule has 1 heterocycles. The maximum Gasteiger partial charge on any atom is 0.104 e. The van der Waals surface area contributed by atoms with Crippen molar-refractivity contribution < 1.29 is 5.11 Å². The summed E-state index contributed by atoms with van der Waals surface area (Å²) >= 11 is 0. The van der Waals surface area contributed by atoms with Crippen molar-refractivity contribution in [2.75, 3.05) is 19.7 Å². The molecule has 17 heavy (non-hydrogen) atoms. The van der Waals surface area contributed by atoms with Crippen molar-refractivity contribution in [2.24, 2.45) is 5.92 Å². The van der Waals surface area contributed by atoms with E-state index < -0.39 is 0 Å². The van der Waals surface area contributed by atoms with Crippen molar-refractivity contribution in [3.63, 3.8) is 0 Å². The molecule has 0 saturated carbocycles. The van der Waals surface area contributed by atoms with Crippen LogP contribution in [0.4, 0.5) is 0 Å². The molecule has 1 saturated heterocycles. The molecule has 2 rings (SSSR count). The zero-order valence-electron chi connectivity index (χ0n) is 10.3. The minimum atomic E-state index is -0.0760. The molecule has 2 nitrogen and oxygen atoms in total. The predicted octanol–water partition coefficient (Wildman–Crippen LogP) is 1.87. The topological polar surface area (TPSA) is 23.5 Å². The van der Waals surface area contributed by atoms with E-state index in [4.69, 9.17) is 5.11 Å². The van der Waals surface area contributed by atoms with Crippen LogP contribution in [-0.2, 0) is 6.54 Å². The van der Waals surface area contributed by atoms with Crippen LogP contribution in [0.2, 0.25) is 0 Å². The number of rotatable bonds is 2. The highest BCUT2D eigenvalue weighted by atomic mass is 16.2. The average molecular weight is 229 g/mol. The third kappa shape index (κ3) is 3.59. The lowest BCUT2D eigenvalue weighted by Crippen LogP contribution is -2.19. The molecule has 1 atom stereocenters. The Morgan fingerprint density at radius 3 is 2.71 bits per heavy atom. The van der Waals surface area contributed by atoms with E-state index >= 15 is 0 Å². The van der Waals surface area contributed by atoms with E-state index in [0.717, 1.165) is 18.0 Å². The van der Waals surface area contributed by atoms with Crippen LogP contribution in [0.1, 0.15) is 24.5 Å². The van der Waals surface area contributed by atoms with Crippen molar-refractivity contribution in [1.82, 2.24) is 4.90 Å². The lowest BCUT2D eigenvalue weighted by Gasteiger charge is -2.15. The fourth-order valence-electron chi connectivity index (χ4n) is 2.26. The van der Waals surface area contributed by atoms with Gasteiger partial charge in [-0.25, -0.2) is 0 Å². The Hall–Kier alpha value is -1.30. The molecule has 1 aliphatic heterocycles. The third-order valence-electron chi connectivity index (χ3n) is 3.18. The third-order valence-corrected chi connectivity index (χ3v) is 3.18. The van der Waals surface area contributed by atoms with Crippen LogP contribution in [0.25, 0.3) is 0 Å². The maximum absolute atomic E-state index is 8.62. The number of nitrogens with zero attached hydrogens (tertiary/aromatic N) is 1. The highest BCUT2D eigenvalue weighted by Gasteiger charge is 2.18. The monoisotopic (exact) mass is 229 g/mol. The molecule has 1 aromatic carbocycles. The van der Waals surface area contributed by atoms with E-state index in [1.165, 1.54) is 25.1 Å². The molecule has 1 fully saturated rings. The van der Waals surface area contributed by atoms with E-state index in [0.29, 0.717) is 0 Å². The van der Waals surface area contributed by atoms with Crippen LogP contribution in [-0.4, -0.2) is 29.7 Å². The first-order valence-electron chi connectivity index (χ1n) is 6.19. The van der Waals surface area contributed by atoms with Crippen molar-refractivity contribution in [3.8, 4) is 11.8 Å². The Kier molecular flexibility index (Phi) is 4.19. The molecule has 1 N–H and O–H groups in total. The molecule has 0 bridgehead atoms. The number of benzene rings is 1. The molecule has 0 spiro atoms. The molecular weight excluding hydrogens is 210 g/mol. The second-order valence-corrected chi connectivity index (χ2v) is 4.79. The van der Waals surface area contributed by atoms with Crippen LogP contribution in [0, 0.1) is 17.8 Å². The zero-order chi connectivity index (χ0) is 12.1. The summed E-state index contributed by atoms with van der Waals surface area (Å²) in [5.74, 6) is 6.40. The SMILES string of the molecule is CC1CCN(Cc2ccc(C#CCO)cc2)C1. The molecule has 1 aromatic rings. The molecule has 0 aromatic heterocycles. The molecule has 0 amide bonds. The van der Waals surface area contributed by atoms with Gasteiger partial charge in [0.25, 0.3) is 0 Å². The van der Waals surface area contributed by atoms with E-state index in [2.05, 4.69) is 35.8 Å². The van der Waals surface area contributed by atoms with Crippen LogP contribution >= 0.6 is 0 Å². The highest BCUT2D eigenvalue weighted by Crippen LogP contribution is 2.17. The van der Waals surface area contributed by atoms with Gasteiger partial charge in [-0.15, -0.1) is 0 Å². The summed E-state index contributed by atoms with van der Waals surface area (Å²) in [5, 5.41) is 8.62. The van der Waals surface area contributed by atoms with Crippen molar-refractivity contribution >= 4 is 0 Å². The zero-order valence-corrected chi connectivity index (χ0v) is 10.3. The van der Waals surface area contributed by atoms with Crippen molar-refractivity contribution in [1.29, 1.82) is 0 Å². The Morgan fingerprint density at radius 2 is 2.12 bits per heavy atom. The van der Waals surface area contributed by atoms with Crippen molar-refractivity contribution in [3.05, 3.63) is 35.4 Å². The lowest BCUT2D eigenvalue weighted by molar-refractivity contribution is 0.320. The Bertz CT molecular complexity index is 413. The molecule has 1 unspecified atom stereocenters. The number of likely N-dealkylation sites (tertiary alicyclic amines) is 1. The summed E-state index contributed by atoms with van der Waals surface area (Å²) in [5.41, 5.74) is 2.31. The van der Waals surface area contributed by atoms with Gasteiger partial charge in [0.1, 0.15) is 6.61 Å². The number of aliphatic hydroxyl groups excluding tert-OH is 1. The Morgan fingerprint density at radius 1 is 1.35 bits per heavy atom. The lowest BCUT2D eigenvalue weighted by atomic mass is 10.1. The average Bonchev–Trinajstić information content (AvgIpc) is 2.74. The Labute approximate surface area is 103 Å². The summed E-state index contributed by atoms with van der Waals surface area (Å²) in [6.07, 6.45) is 1.32. The highest BCUT2D eigenvalue weighted by molar-refractivity contribution is 5.36. The van der Waals surface area contributed by atoms with E-state index in [-0.39, 0.29) is 6.61 Å². The first-order chi connectivity index (χ1) is 8.28. The molecular formula is C15H19NO. The normalized spacial score (nSPS) is 20.0. The van der Waals surface area contributed by atoms with E-state index in [9.17, 15) is 0 Å². The van der Waals surface area contributed by atoms with Gasteiger partial charge in [0.15, 0.2) is 0 Å². The summed E-state index contributed by atoms with van der Waals surface area (Å²) in [7, 11) is 0. The second kappa shape index (κ2) is 5.86. The van der Waals surface area contributed by atoms with Gasteiger partial charge in [-0.1, -0.05) is 30.9 Å².